The van der Waals surface area contributed by atoms with E-state index in [0.29, 0.717) is 23.2 Å². The first-order chi connectivity index (χ1) is 14.2. The van der Waals surface area contributed by atoms with Crippen LogP contribution in [0.5, 0.6) is 0 Å². The van der Waals surface area contributed by atoms with E-state index < -0.39 is 0 Å². The van der Waals surface area contributed by atoms with Gasteiger partial charge in [0.05, 0.1) is 5.75 Å². The summed E-state index contributed by atoms with van der Waals surface area (Å²) >= 11 is 3.21. The number of thiophene rings is 1. The van der Waals surface area contributed by atoms with Crippen LogP contribution < -0.4 is 11.1 Å². The van der Waals surface area contributed by atoms with Crippen molar-refractivity contribution < 1.29 is 4.39 Å². The second-order valence-electron chi connectivity index (χ2n) is 5.99. The maximum Gasteiger partial charge on any atom is 0.232 e. The molecule has 4 aromatic rings. The maximum atomic E-state index is 13.1. The average Bonchev–Trinajstić information content (AvgIpc) is 3.38. The summed E-state index contributed by atoms with van der Waals surface area (Å²) in [6.07, 6.45) is 2.65. The van der Waals surface area contributed by atoms with Gasteiger partial charge >= 0.3 is 0 Å². The molecule has 8 nitrogen and oxygen atoms in total. The standard InChI is InChI=1S/C18H17FN8S2/c19-12-3-5-13(6-4-12)22-17-24-15(23-16(20)25-17)10-29-18-26-21-11-27(18)8-7-14-2-1-9-28-14/h1-6,9,11H,7-8,10H2,(H3,20,22,23,24,25). The van der Waals surface area contributed by atoms with Gasteiger partial charge in [-0.25, -0.2) is 4.39 Å². The Morgan fingerprint density at radius 3 is 2.79 bits per heavy atom. The first kappa shape index (κ1) is 19.3. The third-order valence-electron chi connectivity index (χ3n) is 3.89. The molecule has 3 N–H and O–H groups in total. The number of nitrogens with zero attached hydrogens (tertiary/aromatic N) is 6. The average molecular weight is 429 g/mol. The minimum atomic E-state index is -0.314. The van der Waals surface area contributed by atoms with Crippen LogP contribution in [-0.2, 0) is 18.7 Å². The summed E-state index contributed by atoms with van der Waals surface area (Å²) in [4.78, 5) is 14.0. The van der Waals surface area contributed by atoms with Gasteiger partial charge in [-0.05, 0) is 42.1 Å². The predicted octanol–water partition coefficient (Wildman–Crippen LogP) is 3.52. The highest BCUT2D eigenvalue weighted by molar-refractivity contribution is 7.98. The van der Waals surface area contributed by atoms with E-state index >= 15 is 0 Å². The molecule has 0 bridgehead atoms. The van der Waals surface area contributed by atoms with Gasteiger partial charge in [-0.3, -0.25) is 0 Å². The van der Waals surface area contributed by atoms with Crippen molar-refractivity contribution in [1.82, 2.24) is 29.7 Å². The molecule has 0 spiro atoms. The normalized spacial score (nSPS) is 10.9. The fourth-order valence-electron chi connectivity index (χ4n) is 2.54. The minimum absolute atomic E-state index is 0.111. The Hall–Kier alpha value is -3.05. The van der Waals surface area contributed by atoms with Crippen molar-refractivity contribution in [3.05, 3.63) is 64.6 Å². The number of halogens is 1. The number of rotatable bonds is 8. The van der Waals surface area contributed by atoms with E-state index in [1.807, 2.05) is 10.6 Å². The molecule has 0 atom stereocenters. The molecule has 0 aliphatic heterocycles. The second kappa shape index (κ2) is 8.97. The molecule has 148 valence electrons. The van der Waals surface area contributed by atoms with Gasteiger partial charge in [-0.15, -0.1) is 21.5 Å². The van der Waals surface area contributed by atoms with Crippen LogP contribution in [0.25, 0.3) is 0 Å². The third-order valence-corrected chi connectivity index (χ3v) is 5.80. The van der Waals surface area contributed by atoms with Gasteiger partial charge in [0.1, 0.15) is 18.0 Å². The largest absolute Gasteiger partial charge is 0.368 e. The highest BCUT2D eigenvalue weighted by Crippen LogP contribution is 2.21. The van der Waals surface area contributed by atoms with Crippen molar-refractivity contribution in [2.24, 2.45) is 0 Å². The molecule has 0 aliphatic rings. The van der Waals surface area contributed by atoms with Crippen molar-refractivity contribution in [1.29, 1.82) is 0 Å². The Kier molecular flexibility index (Phi) is 5.96. The Balaban J connectivity index is 1.40. The summed E-state index contributed by atoms with van der Waals surface area (Å²) in [6, 6.07) is 10.1. The molecular formula is C18H17FN8S2. The topological polar surface area (TPSA) is 107 Å². The first-order valence-electron chi connectivity index (χ1n) is 8.72. The summed E-state index contributed by atoms with van der Waals surface area (Å²) in [7, 11) is 0. The number of nitrogens with two attached hydrogens (primary N) is 1. The zero-order valence-electron chi connectivity index (χ0n) is 15.2. The van der Waals surface area contributed by atoms with E-state index in [0.717, 1.165) is 18.1 Å². The molecular weight excluding hydrogens is 411 g/mol. The number of anilines is 3. The lowest BCUT2D eigenvalue weighted by Crippen LogP contribution is -2.07. The summed E-state index contributed by atoms with van der Waals surface area (Å²) in [5.74, 6) is 1.08. The number of thioether (sulfide) groups is 1. The van der Waals surface area contributed by atoms with Gasteiger partial charge in [-0.1, -0.05) is 17.8 Å². The van der Waals surface area contributed by atoms with Crippen LogP contribution in [0.2, 0.25) is 0 Å². The molecule has 3 aromatic heterocycles. The number of benzene rings is 1. The van der Waals surface area contributed by atoms with Crippen LogP contribution in [-0.4, -0.2) is 29.7 Å². The zero-order chi connectivity index (χ0) is 20.1. The molecule has 0 saturated heterocycles. The lowest BCUT2D eigenvalue weighted by Gasteiger charge is -2.08. The van der Waals surface area contributed by atoms with E-state index in [2.05, 4.69) is 41.9 Å². The van der Waals surface area contributed by atoms with E-state index in [4.69, 9.17) is 5.73 Å². The lowest BCUT2D eigenvalue weighted by molar-refractivity contribution is 0.628. The van der Waals surface area contributed by atoms with Crippen molar-refractivity contribution in [2.45, 2.75) is 23.9 Å². The summed E-state index contributed by atoms with van der Waals surface area (Å²) in [6.45, 7) is 0.798. The Morgan fingerprint density at radius 1 is 1.14 bits per heavy atom. The summed E-state index contributed by atoms with van der Waals surface area (Å²) < 4.78 is 15.1. The number of hydrogen-bond acceptors (Lipinski definition) is 9. The molecule has 0 saturated carbocycles. The smallest absolute Gasteiger partial charge is 0.232 e. The molecule has 0 amide bonds. The van der Waals surface area contributed by atoms with E-state index in [1.165, 1.54) is 28.8 Å². The fraction of sp³-hybridized carbons (Fsp3) is 0.167. The SMILES string of the molecule is Nc1nc(CSc2nncn2CCc2cccs2)nc(Nc2ccc(F)cc2)n1. The highest BCUT2D eigenvalue weighted by atomic mass is 32.2. The molecule has 11 heteroatoms. The van der Waals surface area contributed by atoms with Crippen LogP contribution in [0.15, 0.2) is 53.3 Å². The van der Waals surface area contributed by atoms with Crippen molar-refractivity contribution in [3.63, 3.8) is 0 Å². The third kappa shape index (κ3) is 5.27. The molecule has 0 aliphatic carbocycles. The molecule has 0 radical (unpaired) electrons. The van der Waals surface area contributed by atoms with Crippen molar-refractivity contribution in [2.75, 3.05) is 11.1 Å². The minimum Gasteiger partial charge on any atom is -0.368 e. The molecule has 1 aromatic carbocycles. The van der Waals surface area contributed by atoms with Gasteiger partial charge in [0, 0.05) is 17.1 Å². The molecule has 0 fully saturated rings. The van der Waals surface area contributed by atoms with Crippen LogP contribution in [0.3, 0.4) is 0 Å². The second-order valence-corrected chi connectivity index (χ2v) is 7.97. The van der Waals surface area contributed by atoms with E-state index in [9.17, 15) is 4.39 Å². The monoisotopic (exact) mass is 428 g/mol. The number of nitrogen functional groups attached to an aromatic ring is 1. The molecule has 3 heterocycles. The number of aromatic nitrogens is 6. The van der Waals surface area contributed by atoms with Crippen LogP contribution in [0.4, 0.5) is 22.0 Å². The quantitative estimate of drug-likeness (QED) is 0.411. The highest BCUT2D eigenvalue weighted by Gasteiger charge is 2.10. The Bertz CT molecular complexity index is 1070. The number of aryl methyl sites for hydroxylation is 2. The predicted molar refractivity (Wildman–Crippen MR) is 112 cm³/mol. The Labute approximate surface area is 174 Å². The van der Waals surface area contributed by atoms with Crippen LogP contribution >= 0.6 is 23.1 Å². The van der Waals surface area contributed by atoms with Gasteiger partial charge in [0.25, 0.3) is 0 Å². The zero-order valence-corrected chi connectivity index (χ0v) is 16.8. The van der Waals surface area contributed by atoms with Gasteiger partial charge < -0.3 is 15.6 Å². The van der Waals surface area contributed by atoms with Crippen LogP contribution in [0, 0.1) is 5.82 Å². The van der Waals surface area contributed by atoms with E-state index in [1.54, 1.807) is 29.8 Å². The fourth-order valence-corrected chi connectivity index (χ4v) is 4.04. The van der Waals surface area contributed by atoms with E-state index in [-0.39, 0.29) is 11.8 Å². The Morgan fingerprint density at radius 2 is 2.00 bits per heavy atom. The molecule has 4 rings (SSSR count). The van der Waals surface area contributed by atoms with Gasteiger partial charge in [-0.2, -0.15) is 15.0 Å². The molecule has 29 heavy (non-hydrogen) atoms. The maximum absolute atomic E-state index is 13.1. The summed E-state index contributed by atoms with van der Waals surface area (Å²) in [5.41, 5.74) is 6.47. The van der Waals surface area contributed by atoms with Gasteiger partial charge in [0.15, 0.2) is 5.16 Å². The molecule has 0 unspecified atom stereocenters. The van der Waals surface area contributed by atoms with Crippen molar-refractivity contribution in [3.8, 4) is 0 Å². The van der Waals surface area contributed by atoms with Crippen LogP contribution in [0.1, 0.15) is 10.7 Å². The van der Waals surface area contributed by atoms with Gasteiger partial charge in [0.2, 0.25) is 11.9 Å². The first-order valence-corrected chi connectivity index (χ1v) is 10.6. The lowest BCUT2D eigenvalue weighted by atomic mass is 10.3. The summed E-state index contributed by atoms with van der Waals surface area (Å²) in [5, 5.41) is 14.0. The van der Waals surface area contributed by atoms with Crippen molar-refractivity contribution >= 4 is 40.7 Å². The number of nitrogens with one attached hydrogen (secondary N) is 1. The number of hydrogen-bond donors (Lipinski definition) is 2.